The van der Waals surface area contributed by atoms with Gasteiger partial charge in [0.15, 0.2) is 0 Å². The first-order valence-corrected chi connectivity index (χ1v) is 9.28. The predicted octanol–water partition coefficient (Wildman–Crippen LogP) is 2.89. The van der Waals surface area contributed by atoms with E-state index in [1.54, 1.807) is 0 Å². The summed E-state index contributed by atoms with van der Waals surface area (Å²) in [5.41, 5.74) is 1.16. The Bertz CT molecular complexity index is 662. The fourth-order valence-electron chi connectivity index (χ4n) is 2.65. The molecule has 2 rings (SSSR count). The van der Waals surface area contributed by atoms with Gasteiger partial charge in [-0.2, -0.15) is 0 Å². The van der Waals surface area contributed by atoms with Gasteiger partial charge in [0.25, 0.3) is 0 Å². The van der Waals surface area contributed by atoms with Crippen LogP contribution in [0.4, 0.5) is 0 Å². The lowest BCUT2D eigenvalue weighted by atomic mass is 9.95. The lowest BCUT2D eigenvalue weighted by Gasteiger charge is -2.31. The van der Waals surface area contributed by atoms with E-state index in [2.05, 4.69) is 10.2 Å². The molecule has 0 radical (unpaired) electrons. The fraction of sp³-hybridized carbons (Fsp3) is 0.500. The molecule has 150 valence electrons. The molecular formula is C18H24Cl2N2O5. The van der Waals surface area contributed by atoms with E-state index < -0.39 is 11.9 Å². The Morgan fingerprint density at radius 3 is 2.11 bits per heavy atom. The van der Waals surface area contributed by atoms with Crippen molar-refractivity contribution in [2.75, 3.05) is 13.1 Å². The van der Waals surface area contributed by atoms with Crippen molar-refractivity contribution in [3.63, 3.8) is 0 Å². The quantitative estimate of drug-likeness (QED) is 0.648. The molecule has 0 spiro atoms. The van der Waals surface area contributed by atoms with Crippen molar-refractivity contribution in [1.82, 2.24) is 10.2 Å². The zero-order valence-electron chi connectivity index (χ0n) is 15.2. The molecule has 9 heteroatoms. The number of carbonyl (C=O) groups excluding carboxylic acids is 1. The maximum absolute atomic E-state index is 12.0. The van der Waals surface area contributed by atoms with Gasteiger partial charge in [-0.1, -0.05) is 29.3 Å². The number of benzene rings is 1. The Hall–Kier alpha value is -1.83. The maximum Gasteiger partial charge on any atom is 0.414 e. The molecule has 0 atom stereocenters. The standard InChI is InChI=1S/C16H22Cl2N2O.C2H2O4/c1-11(2)19-16(21)13-5-7-20(8-6-13)10-12-3-4-14(17)15(18)9-12;3-1(4)2(5)6/h3-4,9,11,13H,5-8,10H2,1-2H3,(H,19,21);(H,3,4)(H,5,6). The first-order chi connectivity index (χ1) is 12.6. The first kappa shape index (κ1) is 23.2. The van der Waals surface area contributed by atoms with Crippen LogP contribution in [0.2, 0.25) is 10.0 Å². The van der Waals surface area contributed by atoms with Gasteiger partial charge in [0.1, 0.15) is 0 Å². The normalized spacial score (nSPS) is 15.0. The third-order valence-electron chi connectivity index (χ3n) is 3.96. The highest BCUT2D eigenvalue weighted by molar-refractivity contribution is 6.42. The second kappa shape index (κ2) is 11.1. The molecule has 27 heavy (non-hydrogen) atoms. The van der Waals surface area contributed by atoms with Crippen molar-refractivity contribution in [2.45, 2.75) is 39.3 Å². The molecule has 1 aromatic carbocycles. The van der Waals surface area contributed by atoms with Crippen molar-refractivity contribution in [3.05, 3.63) is 33.8 Å². The number of aliphatic carboxylic acids is 2. The highest BCUT2D eigenvalue weighted by Crippen LogP contribution is 2.25. The van der Waals surface area contributed by atoms with Gasteiger partial charge in [-0.3, -0.25) is 9.69 Å². The minimum absolute atomic E-state index is 0.150. The Morgan fingerprint density at radius 2 is 1.67 bits per heavy atom. The Morgan fingerprint density at radius 1 is 1.11 bits per heavy atom. The van der Waals surface area contributed by atoms with Gasteiger partial charge < -0.3 is 15.5 Å². The number of hydrogen-bond acceptors (Lipinski definition) is 4. The number of nitrogens with one attached hydrogen (secondary N) is 1. The maximum atomic E-state index is 12.0. The van der Waals surface area contributed by atoms with Crippen LogP contribution in [0.25, 0.3) is 0 Å². The summed E-state index contributed by atoms with van der Waals surface area (Å²) in [5.74, 6) is -3.30. The van der Waals surface area contributed by atoms with E-state index in [0.29, 0.717) is 10.0 Å². The summed E-state index contributed by atoms with van der Waals surface area (Å²) in [6.45, 7) is 6.73. The zero-order chi connectivity index (χ0) is 20.6. The van der Waals surface area contributed by atoms with E-state index in [1.807, 2.05) is 32.0 Å². The monoisotopic (exact) mass is 418 g/mol. The summed E-state index contributed by atoms with van der Waals surface area (Å²) in [6, 6.07) is 5.97. The summed E-state index contributed by atoms with van der Waals surface area (Å²) in [7, 11) is 0. The number of hydrogen-bond donors (Lipinski definition) is 3. The smallest absolute Gasteiger partial charge is 0.414 e. The molecule has 1 saturated heterocycles. The number of nitrogens with zero attached hydrogens (tertiary/aromatic N) is 1. The summed E-state index contributed by atoms with van der Waals surface area (Å²) in [5, 5.41) is 19.0. The van der Waals surface area contributed by atoms with Crippen LogP contribution in [0.1, 0.15) is 32.3 Å². The van der Waals surface area contributed by atoms with Crippen LogP contribution in [0.5, 0.6) is 0 Å². The molecule has 1 fully saturated rings. The molecular weight excluding hydrogens is 395 g/mol. The number of piperidine rings is 1. The van der Waals surface area contributed by atoms with Gasteiger partial charge in [-0.15, -0.1) is 0 Å². The molecule has 1 aliphatic rings. The molecule has 1 aliphatic heterocycles. The summed E-state index contributed by atoms with van der Waals surface area (Å²) >= 11 is 12.0. The number of carboxylic acid groups (broad SMARTS) is 2. The van der Waals surface area contributed by atoms with Crippen LogP contribution in [-0.2, 0) is 20.9 Å². The Labute approximate surface area is 168 Å². The van der Waals surface area contributed by atoms with E-state index in [9.17, 15) is 4.79 Å². The highest BCUT2D eigenvalue weighted by Gasteiger charge is 2.25. The average Bonchev–Trinajstić information content (AvgIpc) is 2.58. The summed E-state index contributed by atoms with van der Waals surface area (Å²) in [4.78, 5) is 32.6. The minimum Gasteiger partial charge on any atom is -0.473 e. The summed E-state index contributed by atoms with van der Waals surface area (Å²) < 4.78 is 0. The number of rotatable bonds is 4. The zero-order valence-corrected chi connectivity index (χ0v) is 16.8. The van der Waals surface area contributed by atoms with Gasteiger partial charge in [0.2, 0.25) is 5.91 Å². The minimum atomic E-state index is -1.82. The lowest BCUT2D eigenvalue weighted by Crippen LogP contribution is -2.42. The van der Waals surface area contributed by atoms with Crippen molar-refractivity contribution >= 4 is 41.0 Å². The largest absolute Gasteiger partial charge is 0.473 e. The van der Waals surface area contributed by atoms with Crippen LogP contribution in [0.3, 0.4) is 0 Å². The molecule has 0 bridgehead atoms. The fourth-order valence-corrected chi connectivity index (χ4v) is 2.97. The molecule has 1 aromatic rings. The van der Waals surface area contributed by atoms with Gasteiger partial charge >= 0.3 is 11.9 Å². The van der Waals surface area contributed by atoms with Crippen molar-refractivity contribution < 1.29 is 24.6 Å². The molecule has 1 amide bonds. The van der Waals surface area contributed by atoms with E-state index in [4.69, 9.17) is 43.0 Å². The van der Waals surface area contributed by atoms with Crippen molar-refractivity contribution in [2.24, 2.45) is 5.92 Å². The number of amides is 1. The molecule has 0 aromatic heterocycles. The molecule has 7 nitrogen and oxygen atoms in total. The molecule has 0 aliphatic carbocycles. The number of likely N-dealkylation sites (tertiary alicyclic amines) is 1. The van der Waals surface area contributed by atoms with E-state index in [0.717, 1.165) is 38.0 Å². The number of carbonyl (C=O) groups is 3. The lowest BCUT2D eigenvalue weighted by molar-refractivity contribution is -0.159. The second-order valence-corrected chi connectivity index (χ2v) is 7.39. The topological polar surface area (TPSA) is 107 Å². The van der Waals surface area contributed by atoms with Crippen molar-refractivity contribution in [1.29, 1.82) is 0 Å². The predicted molar refractivity (Wildman–Crippen MR) is 103 cm³/mol. The number of halogens is 2. The van der Waals surface area contributed by atoms with Gasteiger partial charge in [-0.05, 0) is 57.5 Å². The molecule has 0 saturated carbocycles. The summed E-state index contributed by atoms with van der Waals surface area (Å²) in [6.07, 6.45) is 1.83. The van der Waals surface area contributed by atoms with E-state index in [1.165, 1.54) is 0 Å². The van der Waals surface area contributed by atoms with Crippen LogP contribution >= 0.6 is 23.2 Å². The third kappa shape index (κ3) is 8.60. The van der Waals surface area contributed by atoms with Crippen LogP contribution in [0, 0.1) is 5.92 Å². The van der Waals surface area contributed by atoms with Crippen molar-refractivity contribution in [3.8, 4) is 0 Å². The van der Waals surface area contributed by atoms with Crippen LogP contribution in [-0.4, -0.2) is 52.1 Å². The van der Waals surface area contributed by atoms with Crippen LogP contribution < -0.4 is 5.32 Å². The second-order valence-electron chi connectivity index (χ2n) is 6.57. The van der Waals surface area contributed by atoms with E-state index in [-0.39, 0.29) is 17.9 Å². The van der Waals surface area contributed by atoms with Crippen LogP contribution in [0.15, 0.2) is 18.2 Å². The first-order valence-electron chi connectivity index (χ1n) is 8.53. The SMILES string of the molecule is CC(C)NC(=O)C1CCN(Cc2ccc(Cl)c(Cl)c2)CC1.O=C(O)C(=O)O. The molecule has 1 heterocycles. The van der Waals surface area contributed by atoms with Gasteiger partial charge in [0, 0.05) is 18.5 Å². The van der Waals surface area contributed by atoms with E-state index >= 15 is 0 Å². The Balaban J connectivity index is 0.000000527. The molecule has 3 N–H and O–H groups in total. The van der Waals surface area contributed by atoms with Gasteiger partial charge in [0.05, 0.1) is 10.0 Å². The Kier molecular flexibility index (Phi) is 9.55. The highest BCUT2D eigenvalue weighted by atomic mass is 35.5. The third-order valence-corrected chi connectivity index (χ3v) is 4.70. The molecule has 0 unspecified atom stereocenters. The number of carboxylic acids is 2. The average molecular weight is 419 g/mol. The van der Waals surface area contributed by atoms with Gasteiger partial charge in [-0.25, -0.2) is 9.59 Å².